The molecule has 2 aromatic rings. The van der Waals surface area contributed by atoms with E-state index >= 15 is 0 Å². The molecule has 1 saturated heterocycles. The normalized spacial score (nSPS) is 18.6. The van der Waals surface area contributed by atoms with Crippen LogP contribution >= 0.6 is 11.6 Å². The lowest BCUT2D eigenvalue weighted by Crippen LogP contribution is -2.84. The van der Waals surface area contributed by atoms with Crippen LogP contribution in [-0.2, 0) is 11.3 Å². The van der Waals surface area contributed by atoms with Gasteiger partial charge < -0.3 is 14.5 Å². The SMILES string of the molecule is Clc1cccc(-c2ccc(C[NH2+]C[C@H]3CCCO3)o2)c1. The first-order valence-corrected chi connectivity index (χ1v) is 7.47. The number of halogens is 1. The molecule has 1 aromatic carbocycles. The predicted molar refractivity (Wildman–Crippen MR) is 78.6 cm³/mol. The summed E-state index contributed by atoms with van der Waals surface area (Å²) in [6.07, 6.45) is 2.79. The molecule has 1 aromatic heterocycles. The first-order valence-electron chi connectivity index (χ1n) is 7.09. The molecule has 2 heterocycles. The Labute approximate surface area is 123 Å². The van der Waals surface area contributed by atoms with Crippen molar-refractivity contribution >= 4 is 11.6 Å². The summed E-state index contributed by atoms with van der Waals surface area (Å²) >= 11 is 6.00. The van der Waals surface area contributed by atoms with Gasteiger partial charge in [-0.15, -0.1) is 0 Å². The van der Waals surface area contributed by atoms with Gasteiger partial charge in [0.15, 0.2) is 5.76 Å². The maximum Gasteiger partial charge on any atom is 0.158 e. The van der Waals surface area contributed by atoms with Crippen LogP contribution < -0.4 is 5.32 Å². The Kier molecular flexibility index (Phi) is 4.41. The molecule has 1 fully saturated rings. The fourth-order valence-corrected chi connectivity index (χ4v) is 2.72. The molecule has 0 saturated carbocycles. The zero-order chi connectivity index (χ0) is 13.8. The third-order valence-corrected chi connectivity index (χ3v) is 3.80. The smallest absolute Gasteiger partial charge is 0.158 e. The molecule has 3 rings (SSSR count). The van der Waals surface area contributed by atoms with E-state index in [9.17, 15) is 0 Å². The third kappa shape index (κ3) is 3.42. The van der Waals surface area contributed by atoms with Crippen molar-refractivity contribution in [3.63, 3.8) is 0 Å². The van der Waals surface area contributed by atoms with Gasteiger partial charge in [0.05, 0.1) is 0 Å². The third-order valence-electron chi connectivity index (χ3n) is 3.57. The number of hydrogen-bond acceptors (Lipinski definition) is 2. The lowest BCUT2D eigenvalue weighted by atomic mass is 10.2. The van der Waals surface area contributed by atoms with Crippen molar-refractivity contribution in [1.82, 2.24) is 0 Å². The number of ether oxygens (including phenoxy) is 1. The van der Waals surface area contributed by atoms with E-state index in [4.69, 9.17) is 20.8 Å². The zero-order valence-corrected chi connectivity index (χ0v) is 12.1. The van der Waals surface area contributed by atoms with Crippen LogP contribution in [0.3, 0.4) is 0 Å². The number of benzene rings is 1. The van der Waals surface area contributed by atoms with Crippen LogP contribution in [0.2, 0.25) is 5.02 Å². The molecule has 0 bridgehead atoms. The Balaban J connectivity index is 1.56. The highest BCUT2D eigenvalue weighted by Crippen LogP contribution is 2.24. The second kappa shape index (κ2) is 6.44. The lowest BCUT2D eigenvalue weighted by molar-refractivity contribution is -0.677. The quantitative estimate of drug-likeness (QED) is 0.920. The minimum absolute atomic E-state index is 0.414. The molecule has 0 amide bonds. The van der Waals surface area contributed by atoms with Gasteiger partial charge in [-0.05, 0) is 37.1 Å². The maximum atomic E-state index is 6.00. The summed E-state index contributed by atoms with van der Waals surface area (Å²) in [4.78, 5) is 0. The summed E-state index contributed by atoms with van der Waals surface area (Å²) in [6, 6.07) is 11.8. The fourth-order valence-electron chi connectivity index (χ4n) is 2.53. The largest absolute Gasteiger partial charge is 0.455 e. The summed E-state index contributed by atoms with van der Waals surface area (Å²) in [5.41, 5.74) is 1.02. The second-order valence-corrected chi connectivity index (χ2v) is 5.58. The van der Waals surface area contributed by atoms with Gasteiger partial charge in [0.1, 0.15) is 25.0 Å². The van der Waals surface area contributed by atoms with Crippen LogP contribution in [0.4, 0.5) is 0 Å². The Bertz CT molecular complexity index is 561. The van der Waals surface area contributed by atoms with Crippen molar-refractivity contribution in [1.29, 1.82) is 0 Å². The van der Waals surface area contributed by atoms with Crippen molar-refractivity contribution in [3.05, 3.63) is 47.2 Å². The second-order valence-electron chi connectivity index (χ2n) is 5.14. The number of rotatable bonds is 5. The molecule has 0 spiro atoms. The average Bonchev–Trinajstić information content (AvgIpc) is 3.10. The molecular formula is C16H19ClNO2+. The van der Waals surface area contributed by atoms with E-state index in [1.54, 1.807) is 0 Å². The standard InChI is InChI=1S/C16H18ClNO2/c17-13-4-1-3-12(9-13)16-7-6-15(20-16)11-18-10-14-5-2-8-19-14/h1,3-4,6-7,9,14,18H,2,5,8,10-11H2/p+1/t14-/m1/s1. The van der Waals surface area contributed by atoms with E-state index in [1.807, 2.05) is 36.4 Å². The van der Waals surface area contributed by atoms with Crippen molar-refractivity contribution in [2.75, 3.05) is 13.2 Å². The molecule has 0 unspecified atom stereocenters. The first-order chi connectivity index (χ1) is 9.81. The monoisotopic (exact) mass is 292 g/mol. The summed E-state index contributed by atoms with van der Waals surface area (Å²) in [6.45, 7) is 2.77. The van der Waals surface area contributed by atoms with E-state index in [1.165, 1.54) is 12.8 Å². The zero-order valence-electron chi connectivity index (χ0n) is 11.3. The molecule has 1 aliphatic heterocycles. The van der Waals surface area contributed by atoms with Gasteiger partial charge >= 0.3 is 0 Å². The molecular weight excluding hydrogens is 274 g/mol. The van der Waals surface area contributed by atoms with Gasteiger partial charge in [-0.2, -0.15) is 0 Å². The van der Waals surface area contributed by atoms with Crippen molar-refractivity contribution < 1.29 is 14.5 Å². The van der Waals surface area contributed by atoms with E-state index in [0.717, 1.165) is 41.8 Å². The first kappa shape index (κ1) is 13.7. The highest BCUT2D eigenvalue weighted by Gasteiger charge is 2.17. The Hall–Kier alpha value is -1.29. The van der Waals surface area contributed by atoms with Gasteiger partial charge in [0.2, 0.25) is 0 Å². The highest BCUT2D eigenvalue weighted by molar-refractivity contribution is 6.30. The van der Waals surface area contributed by atoms with Crippen molar-refractivity contribution in [2.45, 2.75) is 25.5 Å². The Morgan fingerprint density at radius 2 is 2.20 bits per heavy atom. The van der Waals surface area contributed by atoms with E-state index in [2.05, 4.69) is 5.32 Å². The van der Waals surface area contributed by atoms with Gasteiger partial charge in [-0.3, -0.25) is 0 Å². The van der Waals surface area contributed by atoms with Crippen LogP contribution in [0.25, 0.3) is 11.3 Å². The average molecular weight is 293 g/mol. The van der Waals surface area contributed by atoms with E-state index in [-0.39, 0.29) is 0 Å². The minimum Gasteiger partial charge on any atom is -0.455 e. The highest BCUT2D eigenvalue weighted by atomic mass is 35.5. The number of hydrogen-bond donors (Lipinski definition) is 1. The lowest BCUT2D eigenvalue weighted by Gasteiger charge is -2.06. The fraction of sp³-hybridized carbons (Fsp3) is 0.375. The maximum absolute atomic E-state index is 6.00. The van der Waals surface area contributed by atoms with Crippen molar-refractivity contribution in [2.24, 2.45) is 0 Å². The van der Waals surface area contributed by atoms with Gasteiger partial charge in [-0.25, -0.2) is 0 Å². The van der Waals surface area contributed by atoms with E-state index < -0.39 is 0 Å². The van der Waals surface area contributed by atoms with Crippen LogP contribution in [0, 0.1) is 0 Å². The molecule has 1 atom stereocenters. The van der Waals surface area contributed by atoms with Gasteiger partial charge in [0, 0.05) is 17.2 Å². The summed E-state index contributed by atoms with van der Waals surface area (Å²) in [5.74, 6) is 1.85. The van der Waals surface area contributed by atoms with Gasteiger partial charge in [-0.1, -0.05) is 23.7 Å². The molecule has 1 aliphatic rings. The minimum atomic E-state index is 0.414. The van der Waals surface area contributed by atoms with Crippen LogP contribution in [0.5, 0.6) is 0 Å². The Morgan fingerprint density at radius 1 is 1.25 bits per heavy atom. The van der Waals surface area contributed by atoms with Gasteiger partial charge in [0.25, 0.3) is 0 Å². The number of furan rings is 1. The summed E-state index contributed by atoms with van der Waals surface area (Å²) in [7, 11) is 0. The predicted octanol–water partition coefficient (Wildman–Crippen LogP) is 2.84. The summed E-state index contributed by atoms with van der Waals surface area (Å²) in [5, 5.41) is 2.97. The van der Waals surface area contributed by atoms with Crippen LogP contribution in [0.1, 0.15) is 18.6 Å². The van der Waals surface area contributed by atoms with Crippen LogP contribution in [0.15, 0.2) is 40.8 Å². The molecule has 0 aliphatic carbocycles. The van der Waals surface area contributed by atoms with Crippen molar-refractivity contribution in [3.8, 4) is 11.3 Å². The molecule has 3 nitrogen and oxygen atoms in total. The molecule has 2 N–H and O–H groups in total. The van der Waals surface area contributed by atoms with Crippen LogP contribution in [-0.4, -0.2) is 19.3 Å². The topological polar surface area (TPSA) is 39.0 Å². The molecule has 4 heteroatoms. The Morgan fingerprint density at radius 3 is 3.00 bits per heavy atom. The molecule has 106 valence electrons. The number of nitrogens with two attached hydrogens (primary N) is 1. The number of quaternary nitrogens is 1. The van der Waals surface area contributed by atoms with E-state index in [0.29, 0.717) is 6.10 Å². The molecule has 0 radical (unpaired) electrons. The summed E-state index contributed by atoms with van der Waals surface area (Å²) < 4.78 is 11.5. The molecule has 20 heavy (non-hydrogen) atoms.